The van der Waals surface area contributed by atoms with E-state index >= 15 is 0 Å². The molecule has 2 heterocycles. The minimum atomic E-state index is -0.266. The normalized spacial score (nSPS) is 23.9. The summed E-state index contributed by atoms with van der Waals surface area (Å²) in [5, 5.41) is 12.0. The van der Waals surface area contributed by atoms with E-state index in [2.05, 4.69) is 46.9 Å². The Morgan fingerprint density at radius 2 is 1.93 bits per heavy atom. The van der Waals surface area contributed by atoms with Gasteiger partial charge in [0.1, 0.15) is 11.8 Å². The third-order valence-corrected chi connectivity index (χ3v) is 6.24. The molecule has 6 heteroatoms. The summed E-state index contributed by atoms with van der Waals surface area (Å²) >= 11 is 0. The molecule has 1 N–H and O–H groups in total. The van der Waals surface area contributed by atoms with Gasteiger partial charge in [0, 0.05) is 39.3 Å². The van der Waals surface area contributed by atoms with Gasteiger partial charge in [0.25, 0.3) is 5.91 Å². The maximum Gasteiger partial charge on any atom is 0.269 e. The van der Waals surface area contributed by atoms with Gasteiger partial charge in [-0.25, -0.2) is 4.98 Å². The molecule has 1 aromatic rings. The van der Waals surface area contributed by atoms with Gasteiger partial charge in [0.15, 0.2) is 5.69 Å². The van der Waals surface area contributed by atoms with Crippen molar-refractivity contribution in [3.63, 3.8) is 0 Å². The average Bonchev–Trinajstić information content (AvgIpc) is 3.17. The summed E-state index contributed by atoms with van der Waals surface area (Å²) in [6, 6.07) is 6.41. The fourth-order valence-corrected chi connectivity index (χ4v) is 4.45. The minimum absolute atomic E-state index is 0.266. The lowest BCUT2D eigenvalue weighted by molar-refractivity contribution is 0.0958. The molecule has 6 nitrogen and oxygen atoms in total. The van der Waals surface area contributed by atoms with Gasteiger partial charge in [-0.05, 0) is 42.7 Å². The van der Waals surface area contributed by atoms with E-state index in [9.17, 15) is 10.1 Å². The monoisotopic (exact) mass is 369 g/mol. The summed E-state index contributed by atoms with van der Waals surface area (Å²) in [5.41, 5.74) is 1.86. The maximum absolute atomic E-state index is 11.8. The largest absolute Gasteiger partial charge is 0.367 e. The second-order valence-corrected chi connectivity index (χ2v) is 8.81. The maximum atomic E-state index is 11.8. The molecule has 1 amide bonds. The molecule has 2 fully saturated rings. The van der Waals surface area contributed by atoms with Crippen molar-refractivity contribution >= 4 is 11.6 Å². The number of carbonyl (C=O) groups is 1. The van der Waals surface area contributed by atoms with Crippen LogP contribution in [0.2, 0.25) is 0 Å². The molecular formula is C21H31N5O. The molecular weight excluding hydrogens is 338 g/mol. The van der Waals surface area contributed by atoms with Crippen LogP contribution in [-0.4, -0.2) is 55.1 Å². The van der Waals surface area contributed by atoms with Crippen LogP contribution in [0.3, 0.4) is 0 Å². The topological polar surface area (TPSA) is 72.3 Å². The van der Waals surface area contributed by atoms with Gasteiger partial charge in [-0.3, -0.25) is 9.69 Å². The summed E-state index contributed by atoms with van der Waals surface area (Å²) in [7, 11) is 1.57. The number of anilines is 1. The van der Waals surface area contributed by atoms with E-state index < -0.39 is 0 Å². The molecule has 1 aliphatic carbocycles. The van der Waals surface area contributed by atoms with Crippen molar-refractivity contribution in [2.24, 2.45) is 11.3 Å². The number of rotatable bonds is 3. The number of hydrogen-bond acceptors (Lipinski definition) is 5. The number of pyridine rings is 1. The van der Waals surface area contributed by atoms with Crippen molar-refractivity contribution in [2.45, 2.75) is 46.1 Å². The Morgan fingerprint density at radius 1 is 1.22 bits per heavy atom. The van der Waals surface area contributed by atoms with Crippen LogP contribution >= 0.6 is 0 Å². The molecule has 1 saturated heterocycles. The van der Waals surface area contributed by atoms with Crippen molar-refractivity contribution < 1.29 is 4.79 Å². The number of carbonyl (C=O) groups excluding carboxylic acids is 1. The van der Waals surface area contributed by atoms with Crippen LogP contribution < -0.4 is 10.2 Å². The van der Waals surface area contributed by atoms with Gasteiger partial charge in [-0.2, -0.15) is 5.26 Å². The highest BCUT2D eigenvalue weighted by molar-refractivity contribution is 5.92. The first-order valence-corrected chi connectivity index (χ1v) is 9.95. The molecule has 2 aliphatic rings. The zero-order valence-corrected chi connectivity index (χ0v) is 17.0. The van der Waals surface area contributed by atoms with Gasteiger partial charge in [-0.15, -0.1) is 0 Å². The first-order chi connectivity index (χ1) is 12.8. The summed E-state index contributed by atoms with van der Waals surface area (Å²) in [6.07, 6.45) is 3.93. The van der Waals surface area contributed by atoms with Crippen molar-refractivity contribution in [3.05, 3.63) is 23.5 Å². The van der Waals surface area contributed by atoms with Crippen LogP contribution in [0, 0.1) is 22.7 Å². The summed E-state index contributed by atoms with van der Waals surface area (Å²) in [5.74, 6) is 0.546. The Labute approximate surface area is 162 Å². The smallest absolute Gasteiger partial charge is 0.269 e. The summed E-state index contributed by atoms with van der Waals surface area (Å²) in [6.45, 7) is 10.9. The molecule has 3 rings (SSSR count). The number of hydrogen-bond donors (Lipinski definition) is 1. The second kappa shape index (κ2) is 7.85. The Balaban J connectivity index is 1.63. The molecule has 1 aliphatic heterocycles. The van der Waals surface area contributed by atoms with Crippen molar-refractivity contribution in [1.29, 1.82) is 5.26 Å². The minimum Gasteiger partial charge on any atom is -0.367 e. The van der Waals surface area contributed by atoms with E-state index in [0.29, 0.717) is 17.2 Å². The molecule has 0 radical (unpaired) electrons. The third kappa shape index (κ3) is 4.24. The van der Waals surface area contributed by atoms with E-state index in [1.165, 1.54) is 19.3 Å². The number of nitrogens with one attached hydrogen (secondary N) is 1. The molecule has 2 unspecified atom stereocenters. The van der Waals surface area contributed by atoms with Crippen LogP contribution in [0.1, 0.15) is 56.2 Å². The van der Waals surface area contributed by atoms with Gasteiger partial charge < -0.3 is 10.2 Å². The number of aromatic nitrogens is 1. The Bertz CT molecular complexity index is 725. The van der Waals surface area contributed by atoms with Crippen molar-refractivity contribution in [2.75, 3.05) is 38.1 Å². The first kappa shape index (κ1) is 19.6. The van der Waals surface area contributed by atoms with Crippen LogP contribution in [0.5, 0.6) is 0 Å². The first-order valence-electron chi connectivity index (χ1n) is 9.95. The van der Waals surface area contributed by atoms with Crippen molar-refractivity contribution in [1.82, 2.24) is 15.2 Å². The highest BCUT2D eigenvalue weighted by Gasteiger charge is 2.36. The number of amides is 1. The quantitative estimate of drug-likeness (QED) is 0.887. The van der Waals surface area contributed by atoms with E-state index in [1.807, 2.05) is 6.07 Å². The van der Waals surface area contributed by atoms with Crippen LogP contribution in [0.25, 0.3) is 0 Å². The van der Waals surface area contributed by atoms with Crippen molar-refractivity contribution in [3.8, 4) is 6.07 Å². The van der Waals surface area contributed by atoms with Gasteiger partial charge in [-0.1, -0.05) is 20.8 Å². The lowest BCUT2D eigenvalue weighted by Crippen LogP contribution is -2.50. The van der Waals surface area contributed by atoms with E-state index in [-0.39, 0.29) is 11.6 Å². The van der Waals surface area contributed by atoms with Crippen LogP contribution in [0.4, 0.5) is 5.69 Å². The van der Waals surface area contributed by atoms with Crippen LogP contribution in [0.15, 0.2) is 12.1 Å². The lowest BCUT2D eigenvalue weighted by Gasteiger charge is -2.39. The molecule has 0 aromatic carbocycles. The Hall–Kier alpha value is -2.13. The lowest BCUT2D eigenvalue weighted by atomic mass is 9.79. The molecule has 146 valence electrons. The standard InChI is InChI=1S/C21H31N5O/c1-21(2,3)15-5-6-16(13-15)25-9-11-26(12-10-25)19-8-7-17(20(27)23-4)24-18(19)14-22/h7-8,15-16H,5-6,9-13H2,1-4H3,(H,23,27). The second-order valence-electron chi connectivity index (χ2n) is 8.81. The van der Waals surface area contributed by atoms with E-state index in [4.69, 9.17) is 0 Å². The SMILES string of the molecule is CNC(=O)c1ccc(N2CCN(C3CCC(C(C)(C)C)C3)CC2)c(C#N)n1. The number of nitrogens with zero attached hydrogens (tertiary/aromatic N) is 4. The van der Waals surface area contributed by atoms with Gasteiger partial charge >= 0.3 is 0 Å². The Morgan fingerprint density at radius 3 is 2.48 bits per heavy atom. The molecule has 27 heavy (non-hydrogen) atoms. The summed E-state index contributed by atoms with van der Waals surface area (Å²) in [4.78, 5) is 20.8. The number of piperazine rings is 1. The molecule has 2 atom stereocenters. The molecule has 1 aromatic heterocycles. The fourth-order valence-electron chi connectivity index (χ4n) is 4.45. The Kier molecular flexibility index (Phi) is 5.71. The predicted molar refractivity (Wildman–Crippen MR) is 107 cm³/mol. The molecule has 0 bridgehead atoms. The summed E-state index contributed by atoms with van der Waals surface area (Å²) < 4.78 is 0. The van der Waals surface area contributed by atoms with E-state index in [0.717, 1.165) is 37.8 Å². The predicted octanol–water partition coefficient (Wildman–Crippen LogP) is 2.65. The third-order valence-electron chi connectivity index (χ3n) is 6.24. The molecule has 1 saturated carbocycles. The average molecular weight is 370 g/mol. The zero-order valence-electron chi connectivity index (χ0n) is 17.0. The zero-order chi connectivity index (χ0) is 19.6. The highest BCUT2D eigenvalue weighted by atomic mass is 16.1. The van der Waals surface area contributed by atoms with Gasteiger partial charge in [0.2, 0.25) is 0 Å². The van der Waals surface area contributed by atoms with E-state index in [1.54, 1.807) is 13.1 Å². The van der Waals surface area contributed by atoms with Gasteiger partial charge in [0.05, 0.1) is 5.69 Å². The number of nitriles is 1. The molecule has 0 spiro atoms. The fraction of sp³-hybridized carbons (Fsp3) is 0.667. The van der Waals surface area contributed by atoms with Crippen LogP contribution in [-0.2, 0) is 0 Å². The highest BCUT2D eigenvalue weighted by Crippen LogP contribution is 2.41.